The first-order valence-corrected chi connectivity index (χ1v) is 21.0. The van der Waals surface area contributed by atoms with Crippen molar-refractivity contribution < 1.29 is 0 Å². The first-order chi connectivity index (χ1) is 29.7. The van der Waals surface area contributed by atoms with E-state index < -0.39 is 0 Å². The van der Waals surface area contributed by atoms with Crippen LogP contribution in [0.2, 0.25) is 0 Å². The van der Waals surface area contributed by atoms with Crippen LogP contribution in [0.3, 0.4) is 0 Å². The third kappa shape index (κ3) is 5.63. The molecule has 0 saturated heterocycles. The zero-order valence-electron chi connectivity index (χ0n) is 32.3. The van der Waals surface area contributed by atoms with Gasteiger partial charge in [-0.1, -0.05) is 170 Å². The molecule has 0 aliphatic carbocycles. The molecule has 0 unspecified atom stereocenters. The molecule has 0 spiro atoms. The van der Waals surface area contributed by atoms with Crippen LogP contribution in [0, 0.1) is 0 Å². The Bertz CT molecular complexity index is 3520. The lowest BCUT2D eigenvalue weighted by Gasteiger charge is -2.14. The van der Waals surface area contributed by atoms with Crippen molar-refractivity contribution in [2.24, 2.45) is 0 Å². The lowest BCUT2D eigenvalue weighted by atomic mass is 9.94. The standard InChI is InChI=1S/C55H34N4S/c1-5-17-35(18-6-1)39-29-30-48-46(31-39)51-43-27-14-13-25-41(43)44(36-19-7-2-8-20-36)34-49(51)59(48)40-32-45-42-26-15-16-28-50(42)60-52(45)47(33-40)55-57-53(37-21-9-3-10-22-37)56-54(58-55)38-23-11-4-12-24-38/h1-34H. The summed E-state index contributed by atoms with van der Waals surface area (Å²) in [5.41, 5.74) is 10.9. The predicted molar refractivity (Wildman–Crippen MR) is 252 cm³/mol. The summed E-state index contributed by atoms with van der Waals surface area (Å²) in [5.74, 6) is 1.93. The molecule has 12 aromatic rings. The van der Waals surface area contributed by atoms with Crippen LogP contribution in [-0.4, -0.2) is 19.5 Å². The number of fused-ring (bicyclic) bond motifs is 8. The van der Waals surface area contributed by atoms with E-state index in [4.69, 9.17) is 15.0 Å². The molecule has 0 aliphatic rings. The fourth-order valence-electron chi connectivity index (χ4n) is 8.86. The van der Waals surface area contributed by atoms with Crippen LogP contribution in [0.25, 0.3) is 115 Å². The largest absolute Gasteiger partial charge is 0.309 e. The van der Waals surface area contributed by atoms with Gasteiger partial charge in [-0.15, -0.1) is 11.3 Å². The van der Waals surface area contributed by atoms with Gasteiger partial charge in [-0.3, -0.25) is 0 Å². The molecular formula is C55H34N4S. The maximum absolute atomic E-state index is 5.28. The van der Waals surface area contributed by atoms with Crippen LogP contribution < -0.4 is 0 Å². The number of rotatable bonds is 6. The van der Waals surface area contributed by atoms with Gasteiger partial charge in [0.15, 0.2) is 17.5 Å². The summed E-state index contributed by atoms with van der Waals surface area (Å²) >= 11 is 1.79. The lowest BCUT2D eigenvalue weighted by Crippen LogP contribution is -2.01. The molecule has 0 N–H and O–H groups in total. The average Bonchev–Trinajstić information content (AvgIpc) is 3.87. The van der Waals surface area contributed by atoms with Gasteiger partial charge in [0.05, 0.1) is 11.0 Å². The lowest BCUT2D eigenvalue weighted by molar-refractivity contribution is 1.07. The third-order valence-electron chi connectivity index (χ3n) is 11.6. The molecule has 0 bridgehead atoms. The maximum atomic E-state index is 5.28. The van der Waals surface area contributed by atoms with Crippen molar-refractivity contribution >= 4 is 64.1 Å². The highest BCUT2D eigenvalue weighted by molar-refractivity contribution is 7.26. The zero-order chi connectivity index (χ0) is 39.6. The van der Waals surface area contributed by atoms with Gasteiger partial charge in [-0.2, -0.15) is 0 Å². The SMILES string of the molecule is c1ccc(-c2ccc3c(c2)c2c4ccccc4c(-c4ccccc4)cc2n3-c2cc(-c3nc(-c4ccccc4)nc(-c4ccccc4)n3)c3sc4ccccc4c3c2)cc1. The first-order valence-electron chi connectivity index (χ1n) is 20.2. The van der Waals surface area contributed by atoms with E-state index in [1.807, 2.05) is 36.4 Å². The summed E-state index contributed by atoms with van der Waals surface area (Å²) in [6.45, 7) is 0. The molecular weight excluding hydrogens is 749 g/mol. The van der Waals surface area contributed by atoms with Crippen LogP contribution in [-0.2, 0) is 0 Å². The number of nitrogens with zero attached hydrogens (tertiary/aromatic N) is 4. The Hall–Kier alpha value is -7.73. The van der Waals surface area contributed by atoms with E-state index in [0.29, 0.717) is 17.5 Å². The molecule has 9 aromatic carbocycles. The summed E-state index contributed by atoms with van der Waals surface area (Å²) in [6, 6.07) is 73.5. The Labute approximate surface area is 350 Å². The van der Waals surface area contributed by atoms with Gasteiger partial charge in [0.1, 0.15) is 0 Å². The van der Waals surface area contributed by atoms with E-state index in [9.17, 15) is 0 Å². The maximum Gasteiger partial charge on any atom is 0.165 e. The molecule has 5 heteroatoms. The summed E-state index contributed by atoms with van der Waals surface area (Å²) in [4.78, 5) is 15.6. The summed E-state index contributed by atoms with van der Waals surface area (Å²) in [5, 5.41) is 7.27. The molecule has 280 valence electrons. The van der Waals surface area contributed by atoms with Crippen LogP contribution in [0.1, 0.15) is 0 Å². The number of hydrogen-bond acceptors (Lipinski definition) is 4. The van der Waals surface area contributed by atoms with E-state index in [1.165, 1.54) is 59.3 Å². The molecule has 0 saturated carbocycles. The highest BCUT2D eigenvalue weighted by Gasteiger charge is 2.23. The molecule has 4 nitrogen and oxygen atoms in total. The topological polar surface area (TPSA) is 43.6 Å². The molecule has 3 aromatic heterocycles. The normalized spacial score (nSPS) is 11.7. The van der Waals surface area contributed by atoms with Crippen LogP contribution in [0.15, 0.2) is 206 Å². The van der Waals surface area contributed by atoms with Crippen molar-refractivity contribution in [3.05, 3.63) is 206 Å². The Balaban J connectivity index is 1.21. The summed E-state index contributed by atoms with van der Waals surface area (Å²) < 4.78 is 4.83. The number of hydrogen-bond donors (Lipinski definition) is 0. The quantitative estimate of drug-likeness (QED) is 0.169. The van der Waals surface area contributed by atoms with Crippen molar-refractivity contribution in [3.63, 3.8) is 0 Å². The first kappa shape index (κ1) is 34.3. The van der Waals surface area contributed by atoms with Gasteiger partial charge in [-0.05, 0) is 69.4 Å². The van der Waals surface area contributed by atoms with E-state index in [1.54, 1.807) is 11.3 Å². The molecule has 0 fully saturated rings. The van der Waals surface area contributed by atoms with Crippen molar-refractivity contribution in [3.8, 4) is 62.1 Å². The Kier molecular flexibility index (Phi) is 8.00. The van der Waals surface area contributed by atoms with Gasteiger partial charge in [-0.25, -0.2) is 15.0 Å². The monoisotopic (exact) mass is 782 g/mol. The van der Waals surface area contributed by atoms with Gasteiger partial charge in [0.25, 0.3) is 0 Å². The highest BCUT2D eigenvalue weighted by atomic mass is 32.1. The molecule has 3 heterocycles. The summed E-state index contributed by atoms with van der Waals surface area (Å²) in [7, 11) is 0. The van der Waals surface area contributed by atoms with Crippen LogP contribution in [0.5, 0.6) is 0 Å². The summed E-state index contributed by atoms with van der Waals surface area (Å²) in [6.07, 6.45) is 0. The number of aromatic nitrogens is 4. The minimum Gasteiger partial charge on any atom is -0.309 e. The smallest absolute Gasteiger partial charge is 0.165 e. The average molecular weight is 783 g/mol. The fraction of sp³-hybridized carbons (Fsp3) is 0. The third-order valence-corrected chi connectivity index (χ3v) is 12.8. The van der Waals surface area contributed by atoms with Gasteiger partial charge < -0.3 is 4.57 Å². The number of benzene rings is 9. The Morgan fingerprint density at radius 1 is 0.333 bits per heavy atom. The molecule has 60 heavy (non-hydrogen) atoms. The van der Waals surface area contributed by atoms with E-state index in [-0.39, 0.29) is 0 Å². The van der Waals surface area contributed by atoms with Crippen molar-refractivity contribution in [2.45, 2.75) is 0 Å². The fourth-order valence-corrected chi connectivity index (χ4v) is 10.1. The second kappa shape index (κ2) is 14.0. The van der Waals surface area contributed by atoms with E-state index in [2.05, 4.69) is 174 Å². The van der Waals surface area contributed by atoms with Crippen molar-refractivity contribution in [2.75, 3.05) is 0 Å². The second-order valence-electron chi connectivity index (χ2n) is 15.2. The van der Waals surface area contributed by atoms with Gasteiger partial charge in [0, 0.05) is 53.3 Å². The highest BCUT2D eigenvalue weighted by Crippen LogP contribution is 2.46. The molecule has 12 rings (SSSR count). The predicted octanol–water partition coefficient (Wildman–Crippen LogP) is 14.8. The van der Waals surface area contributed by atoms with Gasteiger partial charge in [0.2, 0.25) is 0 Å². The van der Waals surface area contributed by atoms with E-state index in [0.717, 1.165) is 38.1 Å². The minimum atomic E-state index is 0.642. The molecule has 0 aliphatic heterocycles. The number of thiophene rings is 1. The second-order valence-corrected chi connectivity index (χ2v) is 16.2. The Morgan fingerprint density at radius 2 is 0.883 bits per heavy atom. The van der Waals surface area contributed by atoms with Crippen LogP contribution >= 0.6 is 11.3 Å². The van der Waals surface area contributed by atoms with Gasteiger partial charge >= 0.3 is 0 Å². The zero-order valence-corrected chi connectivity index (χ0v) is 33.1. The Morgan fingerprint density at radius 3 is 1.55 bits per heavy atom. The van der Waals surface area contributed by atoms with E-state index >= 15 is 0 Å². The molecule has 0 atom stereocenters. The molecule has 0 radical (unpaired) electrons. The van der Waals surface area contributed by atoms with Crippen molar-refractivity contribution in [1.82, 2.24) is 19.5 Å². The minimum absolute atomic E-state index is 0.642. The van der Waals surface area contributed by atoms with Crippen LogP contribution in [0.4, 0.5) is 0 Å². The van der Waals surface area contributed by atoms with Crippen molar-refractivity contribution in [1.29, 1.82) is 0 Å². The molecule has 0 amide bonds.